The number of carbonyl (C=O) groups excluding carboxylic acids is 1. The zero-order valence-electron chi connectivity index (χ0n) is 16.7. The molecule has 3 aromatic rings. The molecule has 0 aliphatic rings. The van der Waals surface area contributed by atoms with Gasteiger partial charge in [0.15, 0.2) is 0 Å². The summed E-state index contributed by atoms with van der Waals surface area (Å²) >= 11 is 3.40. The molecule has 3 rings (SSSR count). The van der Waals surface area contributed by atoms with Crippen molar-refractivity contribution in [2.24, 2.45) is 0 Å². The van der Waals surface area contributed by atoms with E-state index in [-0.39, 0.29) is 24.4 Å². The predicted molar refractivity (Wildman–Crippen MR) is 118 cm³/mol. The highest BCUT2D eigenvalue weighted by molar-refractivity contribution is 9.10. The third-order valence-electron chi connectivity index (χ3n) is 4.53. The molecule has 7 nitrogen and oxygen atoms in total. The third kappa shape index (κ3) is 5.48. The standard InChI is InChI=1S/C22H22BrN3O4/c1-29-18-8-5-16(20(13-18)30-2)14-24-21(27)11-12-26-22(28)10-9-19(25-26)15-3-6-17(23)7-4-15/h3-10,13H,11-12,14H2,1-2H3,(H,24,27). The lowest BCUT2D eigenvalue weighted by atomic mass is 10.1. The average molecular weight is 472 g/mol. The summed E-state index contributed by atoms with van der Waals surface area (Å²) in [6.07, 6.45) is 0.134. The number of halogens is 1. The zero-order valence-corrected chi connectivity index (χ0v) is 18.3. The van der Waals surface area contributed by atoms with Crippen molar-refractivity contribution in [1.82, 2.24) is 15.1 Å². The number of ether oxygens (including phenoxy) is 2. The first-order valence-electron chi connectivity index (χ1n) is 9.32. The van der Waals surface area contributed by atoms with Crippen molar-refractivity contribution in [1.29, 1.82) is 0 Å². The molecule has 1 amide bonds. The van der Waals surface area contributed by atoms with E-state index in [1.807, 2.05) is 30.3 Å². The van der Waals surface area contributed by atoms with E-state index in [0.717, 1.165) is 15.6 Å². The van der Waals surface area contributed by atoms with Gasteiger partial charge >= 0.3 is 0 Å². The number of nitrogens with one attached hydrogen (secondary N) is 1. The van der Waals surface area contributed by atoms with Crippen LogP contribution in [0, 0.1) is 0 Å². The van der Waals surface area contributed by atoms with E-state index < -0.39 is 0 Å². The van der Waals surface area contributed by atoms with Crippen LogP contribution in [0.15, 0.2) is 63.9 Å². The van der Waals surface area contributed by atoms with Gasteiger partial charge in [-0.25, -0.2) is 4.68 Å². The highest BCUT2D eigenvalue weighted by Gasteiger charge is 2.09. The van der Waals surface area contributed by atoms with E-state index in [1.54, 1.807) is 32.4 Å². The lowest BCUT2D eigenvalue weighted by molar-refractivity contribution is -0.121. The summed E-state index contributed by atoms with van der Waals surface area (Å²) in [5.74, 6) is 1.13. The van der Waals surface area contributed by atoms with Gasteiger partial charge < -0.3 is 14.8 Å². The van der Waals surface area contributed by atoms with Crippen LogP contribution in [0.4, 0.5) is 0 Å². The maximum atomic E-state index is 12.3. The fraction of sp³-hybridized carbons (Fsp3) is 0.227. The lowest BCUT2D eigenvalue weighted by Gasteiger charge is -2.12. The number of benzene rings is 2. The summed E-state index contributed by atoms with van der Waals surface area (Å²) in [5.41, 5.74) is 2.15. The molecule has 0 spiro atoms. The first-order valence-corrected chi connectivity index (χ1v) is 10.1. The Morgan fingerprint density at radius 3 is 2.53 bits per heavy atom. The Morgan fingerprint density at radius 2 is 1.83 bits per heavy atom. The normalized spacial score (nSPS) is 10.5. The number of aromatic nitrogens is 2. The van der Waals surface area contributed by atoms with E-state index in [9.17, 15) is 9.59 Å². The fourth-order valence-corrected chi connectivity index (χ4v) is 3.14. The summed E-state index contributed by atoms with van der Waals surface area (Å²) in [6, 6.07) is 16.2. The Morgan fingerprint density at radius 1 is 1.07 bits per heavy atom. The quantitative estimate of drug-likeness (QED) is 0.544. The molecule has 1 N–H and O–H groups in total. The Bertz CT molecular complexity index is 1080. The molecule has 1 aromatic heterocycles. The molecular formula is C22H22BrN3O4. The Balaban J connectivity index is 1.61. The van der Waals surface area contributed by atoms with E-state index in [2.05, 4.69) is 26.3 Å². The zero-order chi connectivity index (χ0) is 21.5. The van der Waals surface area contributed by atoms with Crippen LogP contribution in [0.3, 0.4) is 0 Å². The molecule has 1 heterocycles. The van der Waals surface area contributed by atoms with Gasteiger partial charge in [0, 0.05) is 40.7 Å². The van der Waals surface area contributed by atoms with Crippen molar-refractivity contribution < 1.29 is 14.3 Å². The number of rotatable bonds is 8. The minimum Gasteiger partial charge on any atom is -0.497 e. The molecule has 0 aliphatic heterocycles. The maximum Gasteiger partial charge on any atom is 0.266 e. The third-order valence-corrected chi connectivity index (χ3v) is 5.06. The second-order valence-corrected chi connectivity index (χ2v) is 7.41. The van der Waals surface area contributed by atoms with E-state index in [0.29, 0.717) is 23.7 Å². The molecule has 0 saturated carbocycles. The summed E-state index contributed by atoms with van der Waals surface area (Å²) in [4.78, 5) is 24.4. The van der Waals surface area contributed by atoms with Crippen LogP contribution in [0.1, 0.15) is 12.0 Å². The second-order valence-electron chi connectivity index (χ2n) is 6.49. The lowest BCUT2D eigenvalue weighted by Crippen LogP contribution is -2.28. The number of aryl methyl sites for hydroxylation is 1. The predicted octanol–water partition coefficient (Wildman–Crippen LogP) is 3.40. The minimum atomic E-state index is -0.250. The van der Waals surface area contributed by atoms with Crippen LogP contribution in [0.2, 0.25) is 0 Å². The van der Waals surface area contributed by atoms with Gasteiger partial charge in [-0.3, -0.25) is 9.59 Å². The van der Waals surface area contributed by atoms with E-state index in [1.165, 1.54) is 10.7 Å². The van der Waals surface area contributed by atoms with Crippen molar-refractivity contribution in [3.05, 3.63) is 75.0 Å². The molecule has 0 unspecified atom stereocenters. The van der Waals surface area contributed by atoms with Gasteiger partial charge in [-0.2, -0.15) is 5.10 Å². The number of nitrogens with zero attached hydrogens (tertiary/aromatic N) is 2. The molecule has 0 atom stereocenters. The van der Waals surface area contributed by atoms with Gasteiger partial charge in [0.25, 0.3) is 5.56 Å². The molecule has 156 valence electrons. The number of hydrogen-bond acceptors (Lipinski definition) is 5. The summed E-state index contributed by atoms with van der Waals surface area (Å²) in [7, 11) is 3.15. The number of methoxy groups -OCH3 is 2. The second kappa shape index (κ2) is 10.1. The first kappa shape index (κ1) is 21.6. The van der Waals surface area contributed by atoms with Gasteiger partial charge in [-0.15, -0.1) is 0 Å². The minimum absolute atomic E-state index is 0.134. The fourth-order valence-electron chi connectivity index (χ4n) is 2.87. The van der Waals surface area contributed by atoms with Crippen molar-refractivity contribution in [3.8, 4) is 22.8 Å². The van der Waals surface area contributed by atoms with Crippen molar-refractivity contribution in [2.45, 2.75) is 19.5 Å². The first-order chi connectivity index (χ1) is 14.5. The highest BCUT2D eigenvalue weighted by Crippen LogP contribution is 2.24. The highest BCUT2D eigenvalue weighted by atomic mass is 79.9. The molecule has 2 aromatic carbocycles. The van der Waals surface area contributed by atoms with Crippen LogP contribution < -0.4 is 20.3 Å². The number of carbonyl (C=O) groups is 1. The molecule has 30 heavy (non-hydrogen) atoms. The van der Waals surface area contributed by atoms with Crippen molar-refractivity contribution >= 4 is 21.8 Å². The van der Waals surface area contributed by atoms with Crippen LogP contribution >= 0.6 is 15.9 Å². The van der Waals surface area contributed by atoms with Gasteiger partial charge in [0.1, 0.15) is 11.5 Å². The summed E-state index contributed by atoms with van der Waals surface area (Å²) in [5, 5.41) is 7.23. The number of amides is 1. The molecular weight excluding hydrogens is 450 g/mol. The maximum absolute atomic E-state index is 12.3. The number of hydrogen-bond donors (Lipinski definition) is 1. The van der Waals surface area contributed by atoms with Crippen molar-refractivity contribution in [3.63, 3.8) is 0 Å². The van der Waals surface area contributed by atoms with Crippen LogP contribution in [-0.4, -0.2) is 29.9 Å². The molecule has 0 radical (unpaired) electrons. The van der Waals surface area contributed by atoms with Crippen molar-refractivity contribution in [2.75, 3.05) is 14.2 Å². The monoisotopic (exact) mass is 471 g/mol. The molecule has 0 fully saturated rings. The SMILES string of the molecule is COc1ccc(CNC(=O)CCn2nc(-c3ccc(Br)cc3)ccc2=O)c(OC)c1. The summed E-state index contributed by atoms with van der Waals surface area (Å²) < 4.78 is 12.8. The summed E-state index contributed by atoms with van der Waals surface area (Å²) in [6.45, 7) is 0.502. The van der Waals surface area contributed by atoms with Crippen LogP contribution in [-0.2, 0) is 17.9 Å². The van der Waals surface area contributed by atoms with E-state index >= 15 is 0 Å². The van der Waals surface area contributed by atoms with Gasteiger partial charge in [-0.1, -0.05) is 28.1 Å². The molecule has 0 aliphatic carbocycles. The smallest absolute Gasteiger partial charge is 0.266 e. The molecule has 0 saturated heterocycles. The van der Waals surface area contributed by atoms with Crippen LogP contribution in [0.25, 0.3) is 11.3 Å². The Labute approximate surface area is 182 Å². The van der Waals surface area contributed by atoms with Gasteiger partial charge in [0.2, 0.25) is 5.91 Å². The topological polar surface area (TPSA) is 82.5 Å². The van der Waals surface area contributed by atoms with E-state index in [4.69, 9.17) is 9.47 Å². The average Bonchev–Trinajstić information content (AvgIpc) is 2.77. The van der Waals surface area contributed by atoms with Gasteiger partial charge in [0.05, 0.1) is 26.5 Å². The van der Waals surface area contributed by atoms with Crippen LogP contribution in [0.5, 0.6) is 11.5 Å². The Kier molecular flexibility index (Phi) is 7.24. The molecule has 0 bridgehead atoms. The largest absolute Gasteiger partial charge is 0.497 e. The Hall–Kier alpha value is -3.13. The van der Waals surface area contributed by atoms with Gasteiger partial charge in [-0.05, 0) is 30.3 Å². The molecule has 8 heteroatoms.